The molecule has 0 aliphatic carbocycles. The van der Waals surface area contributed by atoms with E-state index in [1.165, 1.54) is 0 Å². The van der Waals surface area contributed by atoms with Crippen LogP contribution in [0.2, 0.25) is 0 Å². The molecule has 0 saturated carbocycles. The third-order valence-corrected chi connectivity index (χ3v) is 5.09. The van der Waals surface area contributed by atoms with E-state index in [2.05, 4.69) is 9.97 Å². The lowest BCUT2D eigenvalue weighted by atomic mass is 10.0. The molecule has 0 saturated heterocycles. The SMILES string of the molecule is Cc1cccc(Cn2cc(C(=O)c3ccc(C)c(C)n3)c(=O)c3ccccc32)n1. The maximum atomic E-state index is 13.1. The summed E-state index contributed by atoms with van der Waals surface area (Å²) in [6.07, 6.45) is 1.63. The Kier molecular flexibility index (Phi) is 4.80. The Morgan fingerprint density at radius 3 is 2.48 bits per heavy atom. The molecule has 29 heavy (non-hydrogen) atoms. The van der Waals surface area contributed by atoms with Gasteiger partial charge in [-0.3, -0.25) is 14.6 Å². The number of nitrogens with zero attached hydrogens (tertiary/aromatic N) is 3. The monoisotopic (exact) mass is 383 g/mol. The zero-order valence-electron chi connectivity index (χ0n) is 16.6. The van der Waals surface area contributed by atoms with Gasteiger partial charge in [0.1, 0.15) is 5.69 Å². The molecule has 5 heteroatoms. The van der Waals surface area contributed by atoms with Crippen LogP contribution in [0.5, 0.6) is 0 Å². The largest absolute Gasteiger partial charge is 0.340 e. The smallest absolute Gasteiger partial charge is 0.216 e. The number of para-hydroxylation sites is 1. The van der Waals surface area contributed by atoms with Crippen LogP contribution in [0.25, 0.3) is 10.9 Å². The van der Waals surface area contributed by atoms with E-state index >= 15 is 0 Å². The van der Waals surface area contributed by atoms with Crippen LogP contribution in [0.4, 0.5) is 0 Å². The Labute approximate surface area is 168 Å². The molecule has 0 aliphatic rings. The van der Waals surface area contributed by atoms with Crippen LogP contribution in [0.3, 0.4) is 0 Å². The highest BCUT2D eigenvalue weighted by Gasteiger charge is 2.19. The van der Waals surface area contributed by atoms with E-state index in [1.54, 1.807) is 18.3 Å². The van der Waals surface area contributed by atoms with Crippen LogP contribution in [-0.4, -0.2) is 20.3 Å². The highest BCUT2D eigenvalue weighted by molar-refractivity contribution is 6.09. The predicted molar refractivity (Wildman–Crippen MR) is 113 cm³/mol. The molecule has 0 amide bonds. The van der Waals surface area contributed by atoms with E-state index in [1.807, 2.05) is 67.8 Å². The second kappa shape index (κ2) is 7.43. The summed E-state index contributed by atoms with van der Waals surface area (Å²) >= 11 is 0. The van der Waals surface area contributed by atoms with E-state index in [-0.39, 0.29) is 22.5 Å². The molecule has 3 aromatic heterocycles. The minimum absolute atomic E-state index is 0.118. The molecule has 1 aromatic carbocycles. The third-order valence-electron chi connectivity index (χ3n) is 5.09. The van der Waals surface area contributed by atoms with E-state index in [0.717, 1.165) is 28.2 Å². The number of rotatable bonds is 4. The van der Waals surface area contributed by atoms with Crippen molar-refractivity contribution in [1.29, 1.82) is 0 Å². The van der Waals surface area contributed by atoms with E-state index in [0.29, 0.717) is 11.9 Å². The molecule has 0 N–H and O–H groups in total. The van der Waals surface area contributed by atoms with Crippen LogP contribution in [0.1, 0.15) is 38.7 Å². The molecule has 0 bridgehead atoms. The fraction of sp³-hybridized carbons (Fsp3) is 0.167. The summed E-state index contributed by atoms with van der Waals surface area (Å²) in [6.45, 7) is 6.19. The van der Waals surface area contributed by atoms with Gasteiger partial charge in [-0.2, -0.15) is 0 Å². The first-order valence-corrected chi connectivity index (χ1v) is 9.47. The fourth-order valence-corrected chi connectivity index (χ4v) is 3.39. The summed E-state index contributed by atoms with van der Waals surface area (Å²) in [5.74, 6) is -0.366. The number of fused-ring (bicyclic) bond motifs is 1. The van der Waals surface area contributed by atoms with Gasteiger partial charge in [0.15, 0.2) is 0 Å². The van der Waals surface area contributed by atoms with Crippen LogP contribution in [-0.2, 0) is 6.54 Å². The number of aromatic nitrogens is 3. The number of ketones is 1. The Bertz CT molecular complexity index is 1310. The number of pyridine rings is 3. The summed E-state index contributed by atoms with van der Waals surface area (Å²) in [4.78, 5) is 35.2. The fourth-order valence-electron chi connectivity index (χ4n) is 3.39. The van der Waals surface area contributed by atoms with Crippen LogP contribution < -0.4 is 5.43 Å². The molecular formula is C24H21N3O2. The number of hydrogen-bond donors (Lipinski definition) is 0. The number of hydrogen-bond acceptors (Lipinski definition) is 4. The van der Waals surface area contributed by atoms with Crippen molar-refractivity contribution in [2.24, 2.45) is 0 Å². The minimum Gasteiger partial charge on any atom is -0.340 e. The molecular weight excluding hydrogens is 362 g/mol. The molecule has 0 unspecified atom stereocenters. The zero-order valence-corrected chi connectivity index (χ0v) is 16.6. The normalized spacial score (nSPS) is 11.0. The first-order valence-electron chi connectivity index (χ1n) is 9.47. The zero-order chi connectivity index (χ0) is 20.5. The molecule has 3 heterocycles. The summed E-state index contributed by atoms with van der Waals surface area (Å²) in [5.41, 5.74) is 4.45. The van der Waals surface area contributed by atoms with Crippen molar-refractivity contribution >= 4 is 16.7 Å². The maximum absolute atomic E-state index is 13.1. The number of carbonyl (C=O) groups is 1. The molecule has 4 aromatic rings. The van der Waals surface area contributed by atoms with Gasteiger partial charge in [-0.25, -0.2) is 4.98 Å². The summed E-state index contributed by atoms with van der Waals surface area (Å²) in [5, 5.41) is 0.509. The summed E-state index contributed by atoms with van der Waals surface area (Å²) in [7, 11) is 0. The van der Waals surface area contributed by atoms with Crippen molar-refractivity contribution < 1.29 is 4.79 Å². The topological polar surface area (TPSA) is 64.8 Å². The quantitative estimate of drug-likeness (QED) is 0.500. The lowest BCUT2D eigenvalue weighted by Gasteiger charge is -2.13. The second-order valence-electron chi connectivity index (χ2n) is 7.22. The Hall–Kier alpha value is -3.60. The van der Waals surface area contributed by atoms with Crippen LogP contribution in [0.15, 0.2) is 65.6 Å². The van der Waals surface area contributed by atoms with E-state index in [4.69, 9.17) is 0 Å². The van der Waals surface area contributed by atoms with Crippen molar-refractivity contribution in [3.63, 3.8) is 0 Å². The molecule has 0 atom stereocenters. The molecule has 0 aliphatic heterocycles. The van der Waals surface area contributed by atoms with Crippen molar-refractivity contribution in [3.8, 4) is 0 Å². The highest BCUT2D eigenvalue weighted by atomic mass is 16.1. The summed E-state index contributed by atoms with van der Waals surface area (Å²) in [6, 6.07) is 16.7. The van der Waals surface area contributed by atoms with Gasteiger partial charge in [0, 0.05) is 23.0 Å². The standard InChI is InChI=1S/C24H21N3O2/c1-15-11-12-21(26-17(15)3)24(29)20-14-27(13-18-8-6-7-16(2)25-18)22-10-5-4-9-19(22)23(20)28/h4-12,14H,13H2,1-3H3. The van der Waals surface area contributed by atoms with Gasteiger partial charge in [-0.1, -0.05) is 24.3 Å². The van der Waals surface area contributed by atoms with Crippen LogP contribution >= 0.6 is 0 Å². The first-order chi connectivity index (χ1) is 13.9. The first kappa shape index (κ1) is 18.7. The van der Waals surface area contributed by atoms with Gasteiger partial charge in [-0.05, 0) is 56.7 Å². The number of carbonyl (C=O) groups excluding carboxylic acids is 1. The Morgan fingerprint density at radius 1 is 0.931 bits per heavy atom. The Balaban J connectivity index is 1.88. The third kappa shape index (κ3) is 3.59. The van der Waals surface area contributed by atoms with Gasteiger partial charge in [-0.15, -0.1) is 0 Å². The van der Waals surface area contributed by atoms with Gasteiger partial charge < -0.3 is 4.57 Å². The lowest BCUT2D eigenvalue weighted by Crippen LogP contribution is -2.21. The number of benzene rings is 1. The highest BCUT2D eigenvalue weighted by Crippen LogP contribution is 2.16. The minimum atomic E-state index is -0.366. The van der Waals surface area contributed by atoms with E-state index < -0.39 is 0 Å². The van der Waals surface area contributed by atoms with Gasteiger partial charge >= 0.3 is 0 Å². The van der Waals surface area contributed by atoms with Gasteiger partial charge in [0.05, 0.1) is 23.3 Å². The molecule has 4 rings (SSSR count). The molecule has 5 nitrogen and oxygen atoms in total. The Morgan fingerprint density at radius 2 is 1.72 bits per heavy atom. The maximum Gasteiger partial charge on any atom is 0.216 e. The summed E-state index contributed by atoms with van der Waals surface area (Å²) < 4.78 is 1.91. The average molecular weight is 383 g/mol. The van der Waals surface area contributed by atoms with Crippen LogP contribution in [0, 0.1) is 20.8 Å². The molecule has 144 valence electrons. The molecule has 0 spiro atoms. The van der Waals surface area contributed by atoms with Crippen molar-refractivity contribution in [2.45, 2.75) is 27.3 Å². The van der Waals surface area contributed by atoms with Gasteiger partial charge in [0.2, 0.25) is 11.2 Å². The lowest BCUT2D eigenvalue weighted by molar-refractivity contribution is 0.103. The second-order valence-corrected chi connectivity index (χ2v) is 7.22. The van der Waals surface area contributed by atoms with Crippen molar-refractivity contribution in [1.82, 2.24) is 14.5 Å². The molecule has 0 radical (unpaired) electrons. The van der Waals surface area contributed by atoms with Crippen molar-refractivity contribution in [3.05, 3.63) is 105 Å². The van der Waals surface area contributed by atoms with E-state index in [9.17, 15) is 9.59 Å². The predicted octanol–water partition coefficient (Wildman–Crippen LogP) is 4.00. The van der Waals surface area contributed by atoms with Crippen molar-refractivity contribution in [2.75, 3.05) is 0 Å². The average Bonchev–Trinajstić information content (AvgIpc) is 2.72. The van der Waals surface area contributed by atoms with Gasteiger partial charge in [0.25, 0.3) is 0 Å². The number of aryl methyl sites for hydroxylation is 3. The molecule has 0 fully saturated rings.